The lowest BCUT2D eigenvalue weighted by atomic mass is 10.0. The van der Waals surface area contributed by atoms with Crippen LogP contribution in [0.1, 0.15) is 11.1 Å². The van der Waals surface area contributed by atoms with Gasteiger partial charge in [-0.05, 0) is 18.1 Å². The summed E-state index contributed by atoms with van der Waals surface area (Å²) in [4.78, 5) is 0. The number of benzene rings is 1. The quantitative estimate of drug-likeness (QED) is 0.797. The van der Waals surface area contributed by atoms with Crippen LogP contribution in [0.3, 0.4) is 0 Å². The summed E-state index contributed by atoms with van der Waals surface area (Å²) >= 11 is 0. The molecule has 1 heterocycles. The maximum atomic E-state index is 5.59. The zero-order valence-electron chi connectivity index (χ0n) is 8.94. The molecule has 0 saturated heterocycles. The van der Waals surface area contributed by atoms with E-state index in [0.717, 1.165) is 16.8 Å². The molecule has 0 aliphatic rings. The molecule has 0 atom stereocenters. The first-order valence-corrected chi connectivity index (χ1v) is 4.87. The van der Waals surface area contributed by atoms with Gasteiger partial charge in [-0.2, -0.15) is 0 Å². The van der Waals surface area contributed by atoms with Crippen molar-refractivity contribution in [2.75, 3.05) is 0 Å². The monoisotopic (exact) mass is 202 g/mol. The van der Waals surface area contributed by atoms with E-state index >= 15 is 0 Å². The zero-order valence-corrected chi connectivity index (χ0v) is 8.94. The summed E-state index contributed by atoms with van der Waals surface area (Å²) in [6.45, 7) is 2.65. The Kier molecular flexibility index (Phi) is 2.51. The second-order valence-electron chi connectivity index (χ2n) is 3.60. The molecule has 1 aromatic carbocycles. The SMILES string of the molecule is Cc1cc(CN)ccc1-c1cnnn1C. The van der Waals surface area contributed by atoms with Gasteiger partial charge in [-0.3, -0.25) is 0 Å². The Balaban J connectivity index is 2.50. The predicted octanol–water partition coefficient (Wildman–Crippen LogP) is 1.25. The molecule has 0 amide bonds. The molecule has 0 bridgehead atoms. The van der Waals surface area contributed by atoms with E-state index in [1.54, 1.807) is 10.9 Å². The van der Waals surface area contributed by atoms with Gasteiger partial charge < -0.3 is 5.73 Å². The largest absolute Gasteiger partial charge is 0.326 e. The number of nitrogens with zero attached hydrogens (tertiary/aromatic N) is 3. The van der Waals surface area contributed by atoms with E-state index < -0.39 is 0 Å². The average Bonchev–Trinajstić information content (AvgIpc) is 2.64. The van der Waals surface area contributed by atoms with Gasteiger partial charge in [-0.15, -0.1) is 5.10 Å². The number of rotatable bonds is 2. The Bertz CT molecular complexity index is 473. The van der Waals surface area contributed by atoms with E-state index in [9.17, 15) is 0 Å². The number of hydrogen-bond donors (Lipinski definition) is 1. The van der Waals surface area contributed by atoms with Gasteiger partial charge >= 0.3 is 0 Å². The molecule has 4 heteroatoms. The Morgan fingerprint density at radius 3 is 2.73 bits per heavy atom. The highest BCUT2D eigenvalue weighted by atomic mass is 15.4. The fourth-order valence-corrected chi connectivity index (χ4v) is 1.67. The zero-order chi connectivity index (χ0) is 10.8. The molecule has 0 spiro atoms. The summed E-state index contributed by atoms with van der Waals surface area (Å²) in [5.74, 6) is 0. The van der Waals surface area contributed by atoms with Crippen LogP contribution in [0.2, 0.25) is 0 Å². The third-order valence-corrected chi connectivity index (χ3v) is 2.52. The van der Waals surface area contributed by atoms with Gasteiger partial charge in [0, 0.05) is 19.2 Å². The van der Waals surface area contributed by atoms with E-state index in [0.29, 0.717) is 6.54 Å². The van der Waals surface area contributed by atoms with Crippen molar-refractivity contribution >= 4 is 0 Å². The minimum atomic E-state index is 0.574. The van der Waals surface area contributed by atoms with Crippen LogP contribution in [0.5, 0.6) is 0 Å². The Morgan fingerprint density at radius 2 is 2.20 bits per heavy atom. The molecule has 2 N–H and O–H groups in total. The van der Waals surface area contributed by atoms with Crippen LogP contribution in [-0.4, -0.2) is 15.0 Å². The number of hydrogen-bond acceptors (Lipinski definition) is 3. The number of aryl methyl sites for hydroxylation is 2. The molecular formula is C11H14N4. The first kappa shape index (κ1) is 9.86. The highest BCUT2D eigenvalue weighted by Crippen LogP contribution is 2.22. The molecule has 2 aromatic rings. The molecule has 0 unspecified atom stereocenters. The topological polar surface area (TPSA) is 56.7 Å². The van der Waals surface area contributed by atoms with E-state index in [1.807, 2.05) is 13.1 Å². The molecular weight excluding hydrogens is 188 g/mol. The molecule has 15 heavy (non-hydrogen) atoms. The smallest absolute Gasteiger partial charge is 0.0884 e. The summed E-state index contributed by atoms with van der Waals surface area (Å²) in [6.07, 6.45) is 1.77. The molecule has 4 nitrogen and oxygen atoms in total. The molecule has 78 valence electrons. The maximum absolute atomic E-state index is 5.59. The molecule has 0 aliphatic carbocycles. The van der Waals surface area contributed by atoms with E-state index in [1.165, 1.54) is 5.56 Å². The minimum Gasteiger partial charge on any atom is -0.326 e. The van der Waals surface area contributed by atoms with E-state index in [-0.39, 0.29) is 0 Å². The van der Waals surface area contributed by atoms with Gasteiger partial charge in [0.1, 0.15) is 0 Å². The first-order valence-electron chi connectivity index (χ1n) is 4.87. The maximum Gasteiger partial charge on any atom is 0.0884 e. The van der Waals surface area contributed by atoms with Crippen molar-refractivity contribution in [2.45, 2.75) is 13.5 Å². The Hall–Kier alpha value is -1.68. The molecule has 0 aliphatic heterocycles. The fraction of sp³-hybridized carbons (Fsp3) is 0.273. The molecule has 2 rings (SSSR count). The second kappa shape index (κ2) is 3.82. The highest BCUT2D eigenvalue weighted by Gasteiger charge is 2.06. The van der Waals surface area contributed by atoms with Crippen LogP contribution >= 0.6 is 0 Å². The van der Waals surface area contributed by atoms with Gasteiger partial charge in [0.2, 0.25) is 0 Å². The third kappa shape index (κ3) is 1.76. The summed E-state index contributed by atoms with van der Waals surface area (Å²) in [6, 6.07) is 6.20. The fourth-order valence-electron chi connectivity index (χ4n) is 1.67. The van der Waals surface area contributed by atoms with Gasteiger partial charge in [0.05, 0.1) is 11.9 Å². The molecule has 1 aromatic heterocycles. The molecule has 0 fully saturated rings. The van der Waals surface area contributed by atoms with Crippen molar-refractivity contribution in [3.05, 3.63) is 35.5 Å². The normalized spacial score (nSPS) is 10.6. The van der Waals surface area contributed by atoms with Crippen LogP contribution in [0.15, 0.2) is 24.4 Å². The van der Waals surface area contributed by atoms with Crippen molar-refractivity contribution in [1.29, 1.82) is 0 Å². The highest BCUT2D eigenvalue weighted by molar-refractivity contribution is 5.63. The van der Waals surface area contributed by atoms with Crippen LogP contribution in [0, 0.1) is 6.92 Å². The summed E-state index contributed by atoms with van der Waals surface area (Å²) in [5, 5.41) is 7.79. The molecule has 0 radical (unpaired) electrons. The summed E-state index contributed by atoms with van der Waals surface area (Å²) in [7, 11) is 1.89. The second-order valence-corrected chi connectivity index (χ2v) is 3.60. The van der Waals surface area contributed by atoms with Gasteiger partial charge in [0.25, 0.3) is 0 Å². The molecule has 0 saturated carbocycles. The lowest BCUT2D eigenvalue weighted by Gasteiger charge is -2.06. The van der Waals surface area contributed by atoms with E-state index in [4.69, 9.17) is 5.73 Å². The first-order chi connectivity index (χ1) is 7.22. The van der Waals surface area contributed by atoms with Gasteiger partial charge in [-0.1, -0.05) is 23.4 Å². The van der Waals surface area contributed by atoms with Gasteiger partial charge in [-0.25, -0.2) is 4.68 Å². The Morgan fingerprint density at radius 1 is 1.40 bits per heavy atom. The minimum absolute atomic E-state index is 0.574. The van der Waals surface area contributed by atoms with Crippen LogP contribution < -0.4 is 5.73 Å². The van der Waals surface area contributed by atoms with Crippen molar-refractivity contribution < 1.29 is 0 Å². The predicted molar refractivity (Wildman–Crippen MR) is 59.1 cm³/mol. The van der Waals surface area contributed by atoms with Crippen molar-refractivity contribution in [3.8, 4) is 11.3 Å². The summed E-state index contributed by atoms with van der Waals surface area (Å²) in [5.41, 5.74) is 10.1. The summed E-state index contributed by atoms with van der Waals surface area (Å²) < 4.78 is 1.77. The van der Waals surface area contributed by atoms with Crippen LogP contribution in [0.4, 0.5) is 0 Å². The van der Waals surface area contributed by atoms with Crippen LogP contribution in [0.25, 0.3) is 11.3 Å². The van der Waals surface area contributed by atoms with Gasteiger partial charge in [0.15, 0.2) is 0 Å². The van der Waals surface area contributed by atoms with Crippen molar-refractivity contribution in [3.63, 3.8) is 0 Å². The number of aromatic nitrogens is 3. The lowest BCUT2D eigenvalue weighted by Crippen LogP contribution is -1.99. The van der Waals surface area contributed by atoms with Crippen molar-refractivity contribution in [2.24, 2.45) is 12.8 Å². The van der Waals surface area contributed by atoms with E-state index in [2.05, 4.69) is 29.4 Å². The average molecular weight is 202 g/mol. The Labute approximate surface area is 88.7 Å². The van der Waals surface area contributed by atoms with Crippen molar-refractivity contribution in [1.82, 2.24) is 15.0 Å². The number of nitrogens with two attached hydrogens (primary N) is 1. The standard InChI is InChI=1S/C11H14N4/c1-8-5-9(6-12)3-4-10(8)11-7-13-14-15(11)2/h3-5,7H,6,12H2,1-2H3. The van der Waals surface area contributed by atoms with Crippen LogP contribution in [-0.2, 0) is 13.6 Å². The third-order valence-electron chi connectivity index (χ3n) is 2.52. The lowest BCUT2D eigenvalue weighted by molar-refractivity contribution is 0.720.